The van der Waals surface area contributed by atoms with E-state index in [9.17, 15) is 4.79 Å². The van der Waals surface area contributed by atoms with Crippen LogP contribution in [0.25, 0.3) is 11.0 Å². The molecule has 3 rings (SSSR count). The Balaban J connectivity index is 1.70. The third-order valence-electron chi connectivity index (χ3n) is 3.29. The Hall–Kier alpha value is -1.82. The zero-order chi connectivity index (χ0) is 15.5. The van der Waals surface area contributed by atoms with Crippen LogP contribution < -0.4 is 5.32 Å². The minimum atomic E-state index is -0.341. The van der Waals surface area contributed by atoms with Gasteiger partial charge in [0.2, 0.25) is 0 Å². The maximum absolute atomic E-state index is 12.0. The van der Waals surface area contributed by atoms with E-state index < -0.39 is 0 Å². The molecule has 1 atom stereocenters. The first-order chi connectivity index (χ1) is 10.7. The molecule has 0 bridgehead atoms. The highest BCUT2D eigenvalue weighted by atomic mass is 35.5. The second-order valence-corrected chi connectivity index (χ2v) is 6.44. The number of amides is 1. The zero-order valence-corrected chi connectivity index (χ0v) is 13.4. The number of nitrogens with one attached hydrogen (secondary N) is 1. The van der Waals surface area contributed by atoms with Gasteiger partial charge in [0, 0.05) is 12.5 Å². The molecule has 0 aliphatic heterocycles. The van der Waals surface area contributed by atoms with E-state index in [0.29, 0.717) is 21.5 Å². The van der Waals surface area contributed by atoms with E-state index >= 15 is 0 Å². The Kier molecular flexibility index (Phi) is 4.47. The van der Waals surface area contributed by atoms with Crippen molar-refractivity contribution in [1.29, 1.82) is 0 Å². The highest BCUT2D eigenvalue weighted by molar-refractivity contribution is 7.17. The van der Waals surface area contributed by atoms with Gasteiger partial charge in [-0.15, -0.1) is 11.3 Å². The number of carbonyl (C=O) groups is 1. The SMILES string of the molecule is COC(CNC(=O)c1ccc(Cl)s1)c1cc2ccccc2o1. The largest absolute Gasteiger partial charge is 0.458 e. The topological polar surface area (TPSA) is 51.5 Å². The first-order valence-corrected chi connectivity index (χ1v) is 7.91. The summed E-state index contributed by atoms with van der Waals surface area (Å²) in [7, 11) is 1.59. The molecule has 4 nitrogen and oxygen atoms in total. The quantitative estimate of drug-likeness (QED) is 0.757. The molecule has 114 valence electrons. The fourth-order valence-electron chi connectivity index (χ4n) is 2.17. The number of para-hydroxylation sites is 1. The molecule has 0 spiro atoms. The van der Waals surface area contributed by atoms with E-state index in [-0.39, 0.29) is 12.0 Å². The maximum Gasteiger partial charge on any atom is 0.261 e. The van der Waals surface area contributed by atoms with Crippen LogP contribution in [0, 0.1) is 0 Å². The summed E-state index contributed by atoms with van der Waals surface area (Å²) in [5, 5.41) is 3.84. The van der Waals surface area contributed by atoms with Crippen LogP contribution in [0.1, 0.15) is 21.5 Å². The number of carbonyl (C=O) groups excluding carboxylic acids is 1. The lowest BCUT2D eigenvalue weighted by Crippen LogP contribution is -2.28. The van der Waals surface area contributed by atoms with Crippen LogP contribution in [0.15, 0.2) is 46.9 Å². The zero-order valence-electron chi connectivity index (χ0n) is 11.8. The Morgan fingerprint density at radius 3 is 2.86 bits per heavy atom. The highest BCUT2D eigenvalue weighted by Crippen LogP contribution is 2.26. The van der Waals surface area contributed by atoms with Crippen LogP contribution in [-0.4, -0.2) is 19.6 Å². The van der Waals surface area contributed by atoms with Crippen molar-refractivity contribution in [1.82, 2.24) is 5.32 Å². The van der Waals surface area contributed by atoms with E-state index in [2.05, 4.69) is 5.32 Å². The third-order valence-corrected chi connectivity index (χ3v) is 4.52. The molecule has 1 amide bonds. The van der Waals surface area contributed by atoms with Crippen molar-refractivity contribution in [2.45, 2.75) is 6.10 Å². The van der Waals surface area contributed by atoms with E-state index in [1.807, 2.05) is 30.3 Å². The summed E-state index contributed by atoms with van der Waals surface area (Å²) in [6, 6.07) is 13.1. The molecule has 3 aromatic rings. The fourth-order valence-corrected chi connectivity index (χ4v) is 3.13. The van der Waals surface area contributed by atoms with Gasteiger partial charge in [0.05, 0.1) is 15.8 Å². The molecule has 6 heteroatoms. The van der Waals surface area contributed by atoms with Crippen LogP contribution in [0.3, 0.4) is 0 Å². The molecule has 0 saturated heterocycles. The smallest absolute Gasteiger partial charge is 0.261 e. The summed E-state index contributed by atoms with van der Waals surface area (Å²) < 4.78 is 11.8. The Morgan fingerprint density at radius 1 is 1.36 bits per heavy atom. The van der Waals surface area contributed by atoms with E-state index in [4.69, 9.17) is 20.8 Å². The van der Waals surface area contributed by atoms with E-state index in [1.165, 1.54) is 11.3 Å². The van der Waals surface area contributed by atoms with Crippen LogP contribution >= 0.6 is 22.9 Å². The number of ether oxygens (including phenoxy) is 1. The molecular formula is C16H14ClNO3S. The number of hydrogen-bond acceptors (Lipinski definition) is 4. The molecular weight excluding hydrogens is 322 g/mol. The molecule has 0 aliphatic rings. The summed E-state index contributed by atoms with van der Waals surface area (Å²) in [5.74, 6) is 0.517. The van der Waals surface area contributed by atoms with Crippen molar-refractivity contribution in [3.63, 3.8) is 0 Å². The van der Waals surface area contributed by atoms with Crippen molar-refractivity contribution in [3.05, 3.63) is 57.4 Å². The Labute approximate surface area is 136 Å². The van der Waals surface area contributed by atoms with E-state index in [0.717, 1.165) is 11.0 Å². The molecule has 0 aliphatic carbocycles. The van der Waals surface area contributed by atoms with Gasteiger partial charge in [-0.1, -0.05) is 29.8 Å². The lowest BCUT2D eigenvalue weighted by atomic mass is 10.2. The number of methoxy groups -OCH3 is 1. The van der Waals surface area contributed by atoms with Crippen LogP contribution in [0.2, 0.25) is 4.34 Å². The van der Waals surface area contributed by atoms with Crippen molar-refractivity contribution >= 4 is 39.8 Å². The lowest BCUT2D eigenvalue weighted by Gasteiger charge is -2.13. The van der Waals surface area contributed by atoms with Crippen molar-refractivity contribution in [2.75, 3.05) is 13.7 Å². The highest BCUT2D eigenvalue weighted by Gasteiger charge is 2.18. The number of benzene rings is 1. The van der Waals surface area contributed by atoms with Gasteiger partial charge in [0.1, 0.15) is 17.4 Å². The van der Waals surface area contributed by atoms with Crippen LogP contribution in [0.4, 0.5) is 0 Å². The Bertz CT molecular complexity index is 762. The number of rotatable bonds is 5. The molecule has 1 unspecified atom stereocenters. The molecule has 0 fully saturated rings. The minimum absolute atomic E-state index is 0.171. The van der Waals surface area contributed by atoms with Gasteiger partial charge < -0.3 is 14.5 Å². The van der Waals surface area contributed by atoms with Crippen molar-refractivity contribution in [2.24, 2.45) is 0 Å². The standard InChI is InChI=1S/C16H14ClNO3S/c1-20-13(9-18-16(19)14-6-7-15(17)22-14)12-8-10-4-2-3-5-11(10)21-12/h2-8,13H,9H2,1H3,(H,18,19). The predicted molar refractivity (Wildman–Crippen MR) is 87.6 cm³/mol. The van der Waals surface area contributed by atoms with Gasteiger partial charge in [-0.3, -0.25) is 4.79 Å². The lowest BCUT2D eigenvalue weighted by molar-refractivity contribution is 0.0749. The average molecular weight is 336 g/mol. The minimum Gasteiger partial charge on any atom is -0.458 e. The summed E-state index contributed by atoms with van der Waals surface area (Å²) >= 11 is 7.08. The second-order valence-electron chi connectivity index (χ2n) is 4.72. The van der Waals surface area contributed by atoms with Gasteiger partial charge in [-0.25, -0.2) is 0 Å². The summed E-state index contributed by atoms with van der Waals surface area (Å²) in [5.41, 5.74) is 0.802. The molecule has 1 aromatic carbocycles. The van der Waals surface area contributed by atoms with Gasteiger partial charge in [0.25, 0.3) is 5.91 Å². The summed E-state index contributed by atoms with van der Waals surface area (Å²) in [4.78, 5) is 12.6. The monoisotopic (exact) mass is 335 g/mol. The van der Waals surface area contributed by atoms with Gasteiger partial charge in [-0.05, 0) is 24.3 Å². The molecule has 0 radical (unpaired) electrons. The summed E-state index contributed by atoms with van der Waals surface area (Å²) in [6.45, 7) is 0.324. The van der Waals surface area contributed by atoms with Crippen LogP contribution in [-0.2, 0) is 4.74 Å². The van der Waals surface area contributed by atoms with Gasteiger partial charge >= 0.3 is 0 Å². The molecule has 22 heavy (non-hydrogen) atoms. The van der Waals surface area contributed by atoms with Gasteiger partial charge in [0.15, 0.2) is 0 Å². The first kappa shape index (κ1) is 15.1. The van der Waals surface area contributed by atoms with E-state index in [1.54, 1.807) is 19.2 Å². The first-order valence-electron chi connectivity index (χ1n) is 6.72. The number of thiophene rings is 1. The maximum atomic E-state index is 12.0. The van der Waals surface area contributed by atoms with Crippen molar-refractivity contribution < 1.29 is 13.9 Å². The fraction of sp³-hybridized carbons (Fsp3) is 0.188. The average Bonchev–Trinajstić information content (AvgIpc) is 3.13. The summed E-state index contributed by atoms with van der Waals surface area (Å²) in [6.07, 6.45) is -0.341. The van der Waals surface area contributed by atoms with Gasteiger partial charge in [-0.2, -0.15) is 0 Å². The number of hydrogen-bond donors (Lipinski definition) is 1. The molecule has 2 aromatic heterocycles. The normalized spacial score (nSPS) is 12.5. The molecule has 2 heterocycles. The Morgan fingerprint density at radius 2 is 2.18 bits per heavy atom. The molecule has 0 saturated carbocycles. The number of halogens is 1. The second kappa shape index (κ2) is 6.52. The molecule has 1 N–H and O–H groups in total. The number of furan rings is 1. The number of fused-ring (bicyclic) bond motifs is 1. The third kappa shape index (κ3) is 3.16. The predicted octanol–water partition coefficient (Wildman–Crippen LogP) is 4.27. The van der Waals surface area contributed by atoms with Crippen molar-refractivity contribution in [3.8, 4) is 0 Å². The van der Waals surface area contributed by atoms with Crippen LogP contribution in [0.5, 0.6) is 0 Å².